The Morgan fingerprint density at radius 1 is 1.00 bits per heavy atom. The molecule has 0 heterocycles. The van der Waals surface area contributed by atoms with Gasteiger partial charge in [0.25, 0.3) is 0 Å². The lowest BCUT2D eigenvalue weighted by Gasteiger charge is -2.21. The van der Waals surface area contributed by atoms with Crippen molar-refractivity contribution in [3.05, 3.63) is 0 Å². The van der Waals surface area contributed by atoms with Gasteiger partial charge in [0, 0.05) is 0 Å². The summed E-state index contributed by atoms with van der Waals surface area (Å²) in [4.78, 5) is 59.1. The van der Waals surface area contributed by atoms with Crippen LogP contribution in [-0.2, 0) is 24.0 Å². The van der Waals surface area contributed by atoms with Crippen LogP contribution in [0.4, 0.5) is 0 Å². The molecule has 12 nitrogen and oxygen atoms in total. The molecule has 0 saturated heterocycles. The smallest absolute Gasteiger partial charge is 0.326 e. The number of nitrogens with two attached hydrogens (primary N) is 3. The highest BCUT2D eigenvalue weighted by molar-refractivity contribution is 5.94. The van der Waals surface area contributed by atoms with Gasteiger partial charge in [-0.2, -0.15) is 0 Å². The standard InChI is InChI=1S/C18H34N6O6/c1-3-10(2)15(21)17(28)22-9-14(26)23-12(8-13(20)25)16(27)24-11(18(29)30)6-4-5-7-19/h10-12,15H,3-9,19,21H2,1-2H3,(H2,20,25)(H,22,28)(H,23,26)(H,24,27)(H,29,30). The van der Waals surface area contributed by atoms with Crippen LogP contribution >= 0.6 is 0 Å². The fourth-order valence-electron chi connectivity index (χ4n) is 2.48. The van der Waals surface area contributed by atoms with Crippen molar-refractivity contribution in [2.45, 2.75) is 64.1 Å². The van der Waals surface area contributed by atoms with Crippen LogP contribution in [0.25, 0.3) is 0 Å². The third-order valence-electron chi connectivity index (χ3n) is 4.60. The first-order valence-corrected chi connectivity index (χ1v) is 9.87. The molecule has 0 aliphatic carbocycles. The Kier molecular flexibility index (Phi) is 13.0. The fourth-order valence-corrected chi connectivity index (χ4v) is 2.48. The van der Waals surface area contributed by atoms with Gasteiger partial charge in [-0.3, -0.25) is 19.2 Å². The number of amides is 4. The van der Waals surface area contributed by atoms with E-state index in [9.17, 15) is 29.1 Å². The molecule has 12 heteroatoms. The molecular weight excluding hydrogens is 396 g/mol. The second-order valence-corrected chi connectivity index (χ2v) is 7.10. The molecule has 0 aromatic heterocycles. The molecule has 0 spiro atoms. The summed E-state index contributed by atoms with van der Waals surface area (Å²) in [6.45, 7) is 3.58. The monoisotopic (exact) mass is 430 g/mol. The molecule has 0 aromatic rings. The maximum Gasteiger partial charge on any atom is 0.326 e. The zero-order valence-electron chi connectivity index (χ0n) is 17.5. The van der Waals surface area contributed by atoms with Crippen LogP contribution in [0.3, 0.4) is 0 Å². The largest absolute Gasteiger partial charge is 0.480 e. The molecule has 4 amide bonds. The third kappa shape index (κ3) is 10.7. The Bertz CT molecular complexity index is 614. The molecule has 4 atom stereocenters. The van der Waals surface area contributed by atoms with E-state index in [-0.39, 0.29) is 12.3 Å². The summed E-state index contributed by atoms with van der Waals surface area (Å²) in [7, 11) is 0. The molecule has 0 aliphatic heterocycles. The maximum atomic E-state index is 12.4. The highest BCUT2D eigenvalue weighted by atomic mass is 16.4. The Morgan fingerprint density at radius 3 is 2.13 bits per heavy atom. The molecule has 4 unspecified atom stereocenters. The summed E-state index contributed by atoms with van der Waals surface area (Å²) in [6.07, 6.45) is 1.34. The van der Waals surface area contributed by atoms with Crippen molar-refractivity contribution in [2.75, 3.05) is 13.1 Å². The summed E-state index contributed by atoms with van der Waals surface area (Å²) in [5.74, 6) is -4.36. The average Bonchev–Trinajstić information content (AvgIpc) is 2.68. The summed E-state index contributed by atoms with van der Waals surface area (Å²) in [5.41, 5.74) is 16.3. The Hall–Kier alpha value is -2.73. The van der Waals surface area contributed by atoms with E-state index in [1.807, 2.05) is 6.92 Å². The SMILES string of the molecule is CCC(C)C(N)C(=O)NCC(=O)NC(CC(N)=O)C(=O)NC(CCCCN)C(=O)O. The number of unbranched alkanes of at least 4 members (excludes halogenated alkanes) is 1. The minimum atomic E-state index is -1.38. The average molecular weight is 431 g/mol. The van der Waals surface area contributed by atoms with Gasteiger partial charge in [0.05, 0.1) is 19.0 Å². The molecule has 172 valence electrons. The minimum absolute atomic E-state index is 0.0892. The molecule has 10 N–H and O–H groups in total. The van der Waals surface area contributed by atoms with E-state index in [2.05, 4.69) is 16.0 Å². The first kappa shape index (κ1) is 27.3. The van der Waals surface area contributed by atoms with Crippen molar-refractivity contribution < 1.29 is 29.1 Å². The molecule has 30 heavy (non-hydrogen) atoms. The van der Waals surface area contributed by atoms with Crippen molar-refractivity contribution in [3.63, 3.8) is 0 Å². The predicted molar refractivity (Wildman–Crippen MR) is 109 cm³/mol. The Labute approximate surface area is 175 Å². The third-order valence-corrected chi connectivity index (χ3v) is 4.60. The number of primary amides is 1. The summed E-state index contributed by atoms with van der Waals surface area (Å²) in [6, 6.07) is -3.38. The van der Waals surface area contributed by atoms with E-state index in [0.717, 1.165) is 0 Å². The highest BCUT2D eigenvalue weighted by Crippen LogP contribution is 2.05. The van der Waals surface area contributed by atoms with Crippen LogP contribution in [0.2, 0.25) is 0 Å². The van der Waals surface area contributed by atoms with Gasteiger partial charge in [0.2, 0.25) is 23.6 Å². The van der Waals surface area contributed by atoms with Gasteiger partial charge in [0.1, 0.15) is 12.1 Å². The van der Waals surface area contributed by atoms with E-state index in [0.29, 0.717) is 25.8 Å². The molecule has 0 bridgehead atoms. The lowest BCUT2D eigenvalue weighted by Crippen LogP contribution is -2.55. The molecule has 0 aromatic carbocycles. The van der Waals surface area contributed by atoms with Gasteiger partial charge >= 0.3 is 5.97 Å². The number of carboxylic acid groups (broad SMARTS) is 1. The lowest BCUT2D eigenvalue weighted by atomic mass is 9.99. The molecule has 0 rings (SSSR count). The zero-order chi connectivity index (χ0) is 23.3. The van der Waals surface area contributed by atoms with Gasteiger partial charge in [-0.05, 0) is 31.7 Å². The number of hydrogen-bond acceptors (Lipinski definition) is 7. The Morgan fingerprint density at radius 2 is 1.63 bits per heavy atom. The number of hydrogen-bond donors (Lipinski definition) is 7. The van der Waals surface area contributed by atoms with Gasteiger partial charge < -0.3 is 38.3 Å². The van der Waals surface area contributed by atoms with Crippen LogP contribution in [0, 0.1) is 5.92 Å². The molecule has 0 radical (unpaired) electrons. The van der Waals surface area contributed by atoms with Crippen molar-refractivity contribution in [1.82, 2.24) is 16.0 Å². The second kappa shape index (κ2) is 14.3. The van der Waals surface area contributed by atoms with E-state index < -0.39 is 60.7 Å². The van der Waals surface area contributed by atoms with Gasteiger partial charge in [0.15, 0.2) is 0 Å². The molecule has 0 aliphatic rings. The number of nitrogens with one attached hydrogen (secondary N) is 3. The quantitative estimate of drug-likeness (QED) is 0.138. The van der Waals surface area contributed by atoms with E-state index in [4.69, 9.17) is 17.2 Å². The topological polar surface area (TPSA) is 220 Å². The van der Waals surface area contributed by atoms with E-state index in [1.165, 1.54) is 0 Å². The summed E-state index contributed by atoms with van der Waals surface area (Å²) in [5, 5.41) is 16.2. The number of aliphatic carboxylic acids is 1. The van der Waals surface area contributed by atoms with Crippen molar-refractivity contribution >= 4 is 29.6 Å². The second-order valence-electron chi connectivity index (χ2n) is 7.10. The van der Waals surface area contributed by atoms with E-state index in [1.54, 1.807) is 6.92 Å². The van der Waals surface area contributed by atoms with E-state index >= 15 is 0 Å². The zero-order valence-corrected chi connectivity index (χ0v) is 17.5. The van der Waals surface area contributed by atoms with Crippen molar-refractivity contribution in [2.24, 2.45) is 23.1 Å². The van der Waals surface area contributed by atoms with Crippen LogP contribution in [-0.4, -0.2) is 65.9 Å². The highest BCUT2D eigenvalue weighted by Gasteiger charge is 2.28. The minimum Gasteiger partial charge on any atom is -0.480 e. The lowest BCUT2D eigenvalue weighted by molar-refractivity contribution is -0.142. The van der Waals surface area contributed by atoms with Crippen LogP contribution < -0.4 is 33.2 Å². The number of rotatable bonds is 15. The first-order valence-electron chi connectivity index (χ1n) is 9.87. The van der Waals surface area contributed by atoms with Gasteiger partial charge in [-0.1, -0.05) is 20.3 Å². The van der Waals surface area contributed by atoms with Crippen LogP contribution in [0.15, 0.2) is 0 Å². The number of carbonyl (C=O) groups excluding carboxylic acids is 4. The Balaban J connectivity index is 4.91. The van der Waals surface area contributed by atoms with Gasteiger partial charge in [-0.25, -0.2) is 4.79 Å². The van der Waals surface area contributed by atoms with Crippen molar-refractivity contribution in [3.8, 4) is 0 Å². The maximum absolute atomic E-state index is 12.4. The summed E-state index contributed by atoms with van der Waals surface area (Å²) < 4.78 is 0. The van der Waals surface area contributed by atoms with Crippen LogP contribution in [0.5, 0.6) is 0 Å². The fraction of sp³-hybridized carbons (Fsp3) is 0.722. The summed E-state index contributed by atoms with van der Waals surface area (Å²) >= 11 is 0. The predicted octanol–water partition coefficient (Wildman–Crippen LogP) is -2.47. The molecule has 0 fully saturated rings. The van der Waals surface area contributed by atoms with Crippen LogP contribution in [0.1, 0.15) is 46.0 Å². The molecule has 0 saturated carbocycles. The van der Waals surface area contributed by atoms with Gasteiger partial charge in [-0.15, -0.1) is 0 Å². The van der Waals surface area contributed by atoms with Crippen molar-refractivity contribution in [1.29, 1.82) is 0 Å². The molecular formula is C18H34N6O6. The number of carbonyl (C=O) groups is 5. The number of carboxylic acids is 1. The normalized spacial score (nSPS) is 14.7. The first-order chi connectivity index (χ1) is 14.0.